The van der Waals surface area contributed by atoms with Gasteiger partial charge in [0.05, 0.1) is 0 Å². The van der Waals surface area contributed by atoms with Gasteiger partial charge in [-0.3, -0.25) is 0 Å². The molecule has 0 amide bonds. The van der Waals surface area contributed by atoms with E-state index in [1.165, 1.54) is 103 Å². The Morgan fingerprint density at radius 1 is 0.519 bits per heavy atom. The molecule has 4 fully saturated rings. The average Bonchev–Trinajstić information content (AvgIpc) is 3.06. The van der Waals surface area contributed by atoms with Crippen molar-refractivity contribution in [1.29, 1.82) is 0 Å². The molecule has 27 heavy (non-hydrogen) atoms. The van der Waals surface area contributed by atoms with Gasteiger partial charge in [0.15, 0.2) is 0 Å². The topological polar surface area (TPSA) is 24.1 Å². The lowest BCUT2D eigenvalue weighted by atomic mass is 9.73. The second kappa shape index (κ2) is 10.1. The van der Waals surface area contributed by atoms with Crippen molar-refractivity contribution in [2.24, 2.45) is 23.7 Å². The van der Waals surface area contributed by atoms with Crippen LogP contribution in [0.5, 0.6) is 0 Å². The van der Waals surface area contributed by atoms with Crippen LogP contribution >= 0.6 is 0 Å². The van der Waals surface area contributed by atoms with E-state index in [9.17, 15) is 0 Å². The number of rotatable bonds is 4. The van der Waals surface area contributed by atoms with Gasteiger partial charge in [0.25, 0.3) is 0 Å². The van der Waals surface area contributed by atoms with Gasteiger partial charge in [-0.15, -0.1) is 0 Å². The minimum atomic E-state index is 0.785. The third-order valence-corrected chi connectivity index (χ3v) is 9.04. The van der Waals surface area contributed by atoms with Gasteiger partial charge in [-0.05, 0) is 82.1 Å². The minimum absolute atomic E-state index is 0.785. The molecular formula is C25H46N2. The molecule has 0 saturated heterocycles. The van der Waals surface area contributed by atoms with Crippen LogP contribution in [0.2, 0.25) is 0 Å². The second-order valence-corrected chi connectivity index (χ2v) is 10.7. The van der Waals surface area contributed by atoms with Gasteiger partial charge in [0, 0.05) is 18.1 Å². The molecule has 0 heterocycles. The molecule has 6 atom stereocenters. The summed E-state index contributed by atoms with van der Waals surface area (Å²) in [4.78, 5) is 0. The highest BCUT2D eigenvalue weighted by molar-refractivity contribution is 4.94. The largest absolute Gasteiger partial charge is 0.317 e. The van der Waals surface area contributed by atoms with Crippen LogP contribution in [0.3, 0.4) is 0 Å². The number of hydrogen-bond donors (Lipinski definition) is 2. The molecule has 4 aliphatic carbocycles. The molecule has 156 valence electrons. The van der Waals surface area contributed by atoms with Crippen LogP contribution in [0.1, 0.15) is 109 Å². The highest BCUT2D eigenvalue weighted by atomic mass is 15.0. The Morgan fingerprint density at radius 3 is 1.93 bits per heavy atom. The summed E-state index contributed by atoms with van der Waals surface area (Å²) in [7, 11) is 2.20. The van der Waals surface area contributed by atoms with Gasteiger partial charge in [-0.1, -0.05) is 57.8 Å². The molecule has 2 nitrogen and oxygen atoms in total. The number of nitrogens with one attached hydrogen (secondary N) is 2. The maximum absolute atomic E-state index is 4.29. The van der Waals surface area contributed by atoms with Crippen molar-refractivity contribution in [2.75, 3.05) is 7.05 Å². The Balaban J connectivity index is 1.46. The summed E-state index contributed by atoms with van der Waals surface area (Å²) in [5.74, 6) is 4.01. The number of fused-ring (bicyclic) bond motifs is 1. The third-order valence-electron chi connectivity index (χ3n) is 9.04. The van der Waals surface area contributed by atoms with E-state index in [-0.39, 0.29) is 0 Å². The van der Waals surface area contributed by atoms with E-state index in [0.717, 1.165) is 41.8 Å². The van der Waals surface area contributed by atoms with Gasteiger partial charge in [0.2, 0.25) is 0 Å². The van der Waals surface area contributed by atoms with E-state index >= 15 is 0 Å². The van der Waals surface area contributed by atoms with Gasteiger partial charge >= 0.3 is 0 Å². The van der Waals surface area contributed by atoms with E-state index < -0.39 is 0 Å². The van der Waals surface area contributed by atoms with Crippen molar-refractivity contribution < 1.29 is 0 Å². The molecular weight excluding hydrogens is 328 g/mol. The van der Waals surface area contributed by atoms with E-state index in [0.29, 0.717) is 0 Å². The summed E-state index contributed by atoms with van der Waals surface area (Å²) in [6.45, 7) is 0. The molecule has 0 radical (unpaired) electrons. The first-order chi connectivity index (χ1) is 13.3. The fourth-order valence-electron chi connectivity index (χ4n) is 7.45. The zero-order valence-corrected chi connectivity index (χ0v) is 18.1. The van der Waals surface area contributed by atoms with Gasteiger partial charge in [0.1, 0.15) is 0 Å². The van der Waals surface area contributed by atoms with Crippen LogP contribution in [0, 0.1) is 23.7 Å². The van der Waals surface area contributed by atoms with Gasteiger partial charge in [-0.25, -0.2) is 0 Å². The highest BCUT2D eigenvalue weighted by Gasteiger charge is 2.39. The fourth-order valence-corrected chi connectivity index (χ4v) is 7.45. The van der Waals surface area contributed by atoms with E-state index in [4.69, 9.17) is 0 Å². The summed E-state index contributed by atoms with van der Waals surface area (Å²) >= 11 is 0. The maximum atomic E-state index is 4.29. The second-order valence-electron chi connectivity index (χ2n) is 10.7. The first-order valence-electron chi connectivity index (χ1n) is 12.8. The number of hydrogen-bond acceptors (Lipinski definition) is 2. The Labute approximate surface area is 169 Å². The molecule has 4 saturated carbocycles. The van der Waals surface area contributed by atoms with Crippen LogP contribution in [0.25, 0.3) is 0 Å². The predicted octanol–water partition coefficient (Wildman–Crippen LogP) is 6.05. The minimum Gasteiger partial charge on any atom is -0.317 e. The van der Waals surface area contributed by atoms with Crippen LogP contribution in [0.15, 0.2) is 0 Å². The molecule has 4 aliphatic rings. The Kier molecular flexibility index (Phi) is 7.56. The highest BCUT2D eigenvalue weighted by Crippen LogP contribution is 2.45. The quantitative estimate of drug-likeness (QED) is 0.585. The molecule has 6 unspecified atom stereocenters. The Bertz CT molecular complexity index is 430. The summed E-state index contributed by atoms with van der Waals surface area (Å²) in [5, 5.41) is 7.93. The molecule has 0 aromatic rings. The van der Waals surface area contributed by atoms with Crippen molar-refractivity contribution in [3.8, 4) is 0 Å². The van der Waals surface area contributed by atoms with E-state index in [1.807, 2.05) is 0 Å². The molecule has 4 rings (SSSR count). The molecule has 2 N–H and O–H groups in total. The van der Waals surface area contributed by atoms with Crippen molar-refractivity contribution in [3.63, 3.8) is 0 Å². The van der Waals surface area contributed by atoms with E-state index in [1.54, 1.807) is 6.42 Å². The molecule has 0 aromatic carbocycles. The standard InChI is InChI=1S/C25H46N2/c1-26-23-13-7-5-10-20(17-23)21-16-15-19-9-6-8-14-24(19)25(18-21)27-22-11-3-2-4-12-22/h19-27H,2-18H2,1H3. The lowest BCUT2D eigenvalue weighted by Crippen LogP contribution is -2.46. The first-order valence-corrected chi connectivity index (χ1v) is 12.8. The average molecular weight is 375 g/mol. The molecule has 0 aliphatic heterocycles. The zero-order valence-electron chi connectivity index (χ0n) is 18.1. The van der Waals surface area contributed by atoms with Crippen molar-refractivity contribution in [1.82, 2.24) is 10.6 Å². The SMILES string of the molecule is CNC1CCCCC(C2CCC3CCCCC3C(NC3CCCCC3)C2)C1. The monoisotopic (exact) mass is 374 g/mol. The van der Waals surface area contributed by atoms with Crippen LogP contribution in [-0.4, -0.2) is 25.2 Å². The fraction of sp³-hybridized carbons (Fsp3) is 1.00. The van der Waals surface area contributed by atoms with Crippen LogP contribution < -0.4 is 10.6 Å². The first kappa shape index (κ1) is 20.2. The van der Waals surface area contributed by atoms with Crippen LogP contribution in [0.4, 0.5) is 0 Å². The summed E-state index contributed by atoms with van der Waals surface area (Å²) in [5.41, 5.74) is 0. The van der Waals surface area contributed by atoms with E-state index in [2.05, 4.69) is 17.7 Å². The maximum Gasteiger partial charge on any atom is 0.0103 e. The molecule has 0 aromatic heterocycles. The predicted molar refractivity (Wildman–Crippen MR) is 116 cm³/mol. The Morgan fingerprint density at radius 2 is 1.11 bits per heavy atom. The van der Waals surface area contributed by atoms with Crippen LogP contribution in [-0.2, 0) is 0 Å². The summed E-state index contributed by atoms with van der Waals surface area (Å²) < 4.78 is 0. The smallest absolute Gasteiger partial charge is 0.0103 e. The van der Waals surface area contributed by atoms with Gasteiger partial charge < -0.3 is 10.6 Å². The van der Waals surface area contributed by atoms with Gasteiger partial charge in [-0.2, -0.15) is 0 Å². The molecule has 2 heteroatoms. The lowest BCUT2D eigenvalue weighted by Gasteiger charge is -2.39. The lowest BCUT2D eigenvalue weighted by molar-refractivity contribution is 0.158. The summed E-state index contributed by atoms with van der Waals surface area (Å²) in [6.07, 6.45) is 25.2. The third kappa shape index (κ3) is 5.30. The molecule has 0 spiro atoms. The van der Waals surface area contributed by atoms with Crippen molar-refractivity contribution in [3.05, 3.63) is 0 Å². The zero-order chi connectivity index (χ0) is 18.5. The Hall–Kier alpha value is -0.0800. The van der Waals surface area contributed by atoms with Crippen molar-refractivity contribution >= 4 is 0 Å². The summed E-state index contributed by atoms with van der Waals surface area (Å²) in [6, 6.07) is 2.46. The molecule has 0 bridgehead atoms. The van der Waals surface area contributed by atoms with Crippen molar-refractivity contribution in [2.45, 2.75) is 127 Å². The normalized spacial score (nSPS) is 42.1.